The lowest BCUT2D eigenvalue weighted by atomic mass is 9.96. The number of fused-ring (bicyclic) bond motifs is 1. The Hall–Kier alpha value is -2.97. The van der Waals surface area contributed by atoms with Gasteiger partial charge in [-0.05, 0) is 25.0 Å². The van der Waals surface area contributed by atoms with Crippen molar-refractivity contribution >= 4 is 11.6 Å². The number of piperidine rings is 1. The van der Waals surface area contributed by atoms with Gasteiger partial charge in [0.1, 0.15) is 17.8 Å². The lowest BCUT2D eigenvalue weighted by Crippen LogP contribution is -2.38. The molecule has 1 aliphatic heterocycles. The van der Waals surface area contributed by atoms with E-state index in [1.165, 1.54) is 16.8 Å². The normalized spacial score (nSPS) is 16.0. The molecule has 0 bridgehead atoms. The standard InChI is InChI=1S/C15H14FN5O3/c16-10-1-2-12-18-13(19-21(12)7-10)9-3-5-20(6-4-9)14(22)11-8-24-15(23)17-11/h1-2,7-9H,3-6H2,(H,17,23). The Bertz CT molecular complexity index is 951. The minimum Gasteiger partial charge on any atom is -0.416 e. The van der Waals surface area contributed by atoms with E-state index in [1.807, 2.05) is 0 Å². The average Bonchev–Trinajstić information content (AvgIpc) is 3.20. The summed E-state index contributed by atoms with van der Waals surface area (Å²) in [5, 5.41) is 4.33. The van der Waals surface area contributed by atoms with Gasteiger partial charge in [0.15, 0.2) is 11.5 Å². The summed E-state index contributed by atoms with van der Waals surface area (Å²) in [6, 6.07) is 2.93. The summed E-state index contributed by atoms with van der Waals surface area (Å²) in [5.41, 5.74) is 0.751. The molecule has 1 amide bonds. The van der Waals surface area contributed by atoms with Crippen LogP contribution in [0, 0.1) is 5.82 Å². The third-order valence-corrected chi connectivity index (χ3v) is 4.21. The van der Waals surface area contributed by atoms with Gasteiger partial charge in [-0.3, -0.25) is 9.78 Å². The summed E-state index contributed by atoms with van der Waals surface area (Å²) in [6.07, 6.45) is 3.83. The zero-order valence-electron chi connectivity index (χ0n) is 12.6. The fraction of sp³-hybridized carbons (Fsp3) is 0.333. The van der Waals surface area contributed by atoms with Crippen LogP contribution in [0.25, 0.3) is 5.65 Å². The number of amides is 1. The molecule has 124 valence electrons. The lowest BCUT2D eigenvalue weighted by molar-refractivity contribution is 0.0705. The summed E-state index contributed by atoms with van der Waals surface area (Å²) < 4.78 is 19.3. The van der Waals surface area contributed by atoms with Gasteiger partial charge in [-0.25, -0.2) is 18.7 Å². The molecule has 9 heteroatoms. The van der Waals surface area contributed by atoms with Gasteiger partial charge in [0.05, 0.1) is 6.20 Å². The van der Waals surface area contributed by atoms with Crippen molar-refractivity contribution in [2.45, 2.75) is 18.8 Å². The van der Waals surface area contributed by atoms with E-state index >= 15 is 0 Å². The molecule has 0 saturated carbocycles. The summed E-state index contributed by atoms with van der Waals surface area (Å²) in [6.45, 7) is 1.06. The molecular weight excluding hydrogens is 317 g/mol. The average molecular weight is 331 g/mol. The number of nitrogens with one attached hydrogen (secondary N) is 1. The van der Waals surface area contributed by atoms with Crippen LogP contribution in [0.15, 0.2) is 33.8 Å². The van der Waals surface area contributed by atoms with Crippen molar-refractivity contribution in [1.29, 1.82) is 0 Å². The number of hydrogen-bond acceptors (Lipinski definition) is 5. The van der Waals surface area contributed by atoms with Crippen molar-refractivity contribution < 1.29 is 13.6 Å². The van der Waals surface area contributed by atoms with Gasteiger partial charge in [-0.15, -0.1) is 0 Å². The van der Waals surface area contributed by atoms with E-state index in [0.717, 1.165) is 6.26 Å². The van der Waals surface area contributed by atoms with Crippen molar-refractivity contribution in [1.82, 2.24) is 24.5 Å². The highest BCUT2D eigenvalue weighted by Gasteiger charge is 2.27. The Morgan fingerprint density at radius 3 is 2.83 bits per heavy atom. The fourth-order valence-corrected chi connectivity index (χ4v) is 2.94. The minimum atomic E-state index is -0.644. The molecule has 3 aromatic heterocycles. The molecule has 8 nitrogen and oxygen atoms in total. The van der Waals surface area contributed by atoms with Gasteiger partial charge < -0.3 is 9.32 Å². The first kappa shape index (κ1) is 14.6. The van der Waals surface area contributed by atoms with Crippen LogP contribution in [0.4, 0.5) is 4.39 Å². The van der Waals surface area contributed by atoms with Crippen LogP contribution in [0.1, 0.15) is 35.1 Å². The maximum Gasteiger partial charge on any atom is 0.416 e. The molecule has 1 aliphatic rings. The molecule has 24 heavy (non-hydrogen) atoms. The van der Waals surface area contributed by atoms with E-state index in [-0.39, 0.29) is 23.3 Å². The van der Waals surface area contributed by atoms with Crippen molar-refractivity contribution in [2.24, 2.45) is 0 Å². The third-order valence-electron chi connectivity index (χ3n) is 4.21. The molecule has 4 rings (SSSR count). The second kappa shape index (κ2) is 5.59. The van der Waals surface area contributed by atoms with Gasteiger partial charge in [0, 0.05) is 19.0 Å². The number of nitrogens with zero attached hydrogens (tertiary/aromatic N) is 4. The molecular formula is C15H14FN5O3. The monoisotopic (exact) mass is 331 g/mol. The number of aromatic nitrogens is 4. The van der Waals surface area contributed by atoms with Crippen molar-refractivity contribution in [2.75, 3.05) is 13.1 Å². The van der Waals surface area contributed by atoms with E-state index in [4.69, 9.17) is 0 Å². The molecule has 0 aromatic carbocycles. The first-order chi connectivity index (χ1) is 11.6. The third kappa shape index (κ3) is 2.57. The SMILES string of the molecule is O=C(c1coc(=O)[nH]1)N1CCC(c2nc3ccc(F)cn3n2)CC1. The maximum absolute atomic E-state index is 13.2. The van der Waals surface area contributed by atoms with Gasteiger partial charge in [-0.1, -0.05) is 0 Å². The number of oxazole rings is 1. The van der Waals surface area contributed by atoms with Crippen LogP contribution in [0.5, 0.6) is 0 Å². The summed E-state index contributed by atoms with van der Waals surface area (Å²) in [7, 11) is 0. The van der Waals surface area contributed by atoms with Crippen LogP contribution in [0.2, 0.25) is 0 Å². The van der Waals surface area contributed by atoms with Crippen LogP contribution >= 0.6 is 0 Å². The van der Waals surface area contributed by atoms with E-state index < -0.39 is 5.76 Å². The van der Waals surface area contributed by atoms with Gasteiger partial charge >= 0.3 is 5.76 Å². The van der Waals surface area contributed by atoms with Crippen LogP contribution < -0.4 is 5.76 Å². The lowest BCUT2D eigenvalue weighted by Gasteiger charge is -2.30. The first-order valence-electron chi connectivity index (χ1n) is 7.59. The van der Waals surface area contributed by atoms with E-state index in [2.05, 4.69) is 19.5 Å². The molecule has 1 fully saturated rings. The second-order valence-electron chi connectivity index (χ2n) is 5.75. The highest BCUT2D eigenvalue weighted by atomic mass is 19.1. The highest BCUT2D eigenvalue weighted by Crippen LogP contribution is 2.26. The van der Waals surface area contributed by atoms with Crippen molar-refractivity contribution in [3.63, 3.8) is 0 Å². The number of rotatable bonds is 2. The number of aromatic amines is 1. The van der Waals surface area contributed by atoms with Crippen molar-refractivity contribution in [3.05, 3.63) is 52.5 Å². The number of carbonyl (C=O) groups is 1. The van der Waals surface area contributed by atoms with Gasteiger partial charge in [0.2, 0.25) is 0 Å². The van der Waals surface area contributed by atoms with Gasteiger partial charge in [-0.2, -0.15) is 5.10 Å². The highest BCUT2D eigenvalue weighted by molar-refractivity contribution is 5.91. The molecule has 4 heterocycles. The number of likely N-dealkylation sites (tertiary alicyclic amines) is 1. The predicted molar refractivity (Wildman–Crippen MR) is 80.2 cm³/mol. The molecule has 0 spiro atoms. The summed E-state index contributed by atoms with van der Waals surface area (Å²) >= 11 is 0. The smallest absolute Gasteiger partial charge is 0.416 e. The molecule has 0 radical (unpaired) electrons. The fourth-order valence-electron chi connectivity index (χ4n) is 2.94. The topological polar surface area (TPSA) is 96.5 Å². The summed E-state index contributed by atoms with van der Waals surface area (Å²) in [4.78, 5) is 31.7. The zero-order valence-corrected chi connectivity index (χ0v) is 12.6. The van der Waals surface area contributed by atoms with E-state index in [0.29, 0.717) is 37.4 Å². The van der Waals surface area contributed by atoms with Crippen LogP contribution in [0.3, 0.4) is 0 Å². The molecule has 0 unspecified atom stereocenters. The minimum absolute atomic E-state index is 0.111. The Morgan fingerprint density at radius 1 is 1.33 bits per heavy atom. The Morgan fingerprint density at radius 2 is 2.12 bits per heavy atom. The van der Waals surface area contributed by atoms with E-state index in [1.54, 1.807) is 11.0 Å². The molecule has 1 N–H and O–H groups in total. The van der Waals surface area contributed by atoms with Gasteiger partial charge in [0.25, 0.3) is 5.91 Å². The van der Waals surface area contributed by atoms with E-state index in [9.17, 15) is 14.0 Å². The molecule has 1 saturated heterocycles. The molecule has 0 aliphatic carbocycles. The molecule has 3 aromatic rings. The largest absolute Gasteiger partial charge is 0.416 e. The van der Waals surface area contributed by atoms with Crippen molar-refractivity contribution in [3.8, 4) is 0 Å². The Kier molecular flexibility index (Phi) is 3.40. The number of pyridine rings is 1. The molecule has 0 atom stereocenters. The number of halogens is 1. The number of H-pyrrole nitrogens is 1. The zero-order chi connectivity index (χ0) is 16.7. The predicted octanol–water partition coefficient (Wildman–Crippen LogP) is 1.17. The number of hydrogen-bond donors (Lipinski definition) is 1. The Balaban J connectivity index is 1.47. The van der Waals surface area contributed by atoms with Crippen LogP contribution in [-0.2, 0) is 0 Å². The first-order valence-corrected chi connectivity index (χ1v) is 7.59. The van der Waals surface area contributed by atoms with Crippen LogP contribution in [-0.4, -0.2) is 43.5 Å². The number of carbonyl (C=O) groups excluding carboxylic acids is 1. The Labute approximate surface area is 134 Å². The quantitative estimate of drug-likeness (QED) is 0.760. The summed E-state index contributed by atoms with van der Waals surface area (Å²) in [5.74, 6) is -0.503. The maximum atomic E-state index is 13.2. The second-order valence-corrected chi connectivity index (χ2v) is 5.75.